The Kier molecular flexibility index (Phi) is 5.17. The van der Waals surface area contributed by atoms with Gasteiger partial charge in [-0.15, -0.1) is 0 Å². The molecule has 2 aliphatic heterocycles. The van der Waals surface area contributed by atoms with Gasteiger partial charge >= 0.3 is 0 Å². The van der Waals surface area contributed by atoms with Crippen LogP contribution in [-0.2, 0) is 4.79 Å². The number of likely N-dealkylation sites (tertiary alicyclic amines) is 2. The van der Waals surface area contributed by atoms with Gasteiger partial charge in [0.05, 0.1) is 0 Å². The molecular formula is C17H31N3O. The molecular weight excluding hydrogens is 262 g/mol. The fraction of sp³-hybridized carbons (Fsp3) is 0.941. The molecule has 0 unspecified atom stereocenters. The summed E-state index contributed by atoms with van der Waals surface area (Å²) in [5, 5.41) is 0. The van der Waals surface area contributed by atoms with E-state index in [4.69, 9.17) is 5.73 Å². The first kappa shape index (κ1) is 15.3. The monoisotopic (exact) mass is 293 g/mol. The molecule has 21 heavy (non-hydrogen) atoms. The Labute approximate surface area is 129 Å². The Morgan fingerprint density at radius 3 is 2.29 bits per heavy atom. The molecule has 3 fully saturated rings. The third kappa shape index (κ3) is 3.98. The fourth-order valence-corrected chi connectivity index (χ4v) is 4.37. The SMILES string of the molecule is N[C@@H]1CCC[C@H]1CC(=O)N1CCC(CN2CCCC2)CC1. The van der Waals surface area contributed by atoms with Gasteiger partial charge in [0.1, 0.15) is 0 Å². The highest BCUT2D eigenvalue weighted by Crippen LogP contribution is 2.28. The predicted octanol–water partition coefficient (Wildman–Crippen LogP) is 1.84. The summed E-state index contributed by atoms with van der Waals surface area (Å²) in [4.78, 5) is 17.1. The second-order valence-electron chi connectivity index (χ2n) is 7.39. The van der Waals surface area contributed by atoms with Crippen LogP contribution in [0.3, 0.4) is 0 Å². The van der Waals surface area contributed by atoms with Crippen molar-refractivity contribution in [2.24, 2.45) is 17.6 Å². The molecule has 0 aromatic heterocycles. The lowest BCUT2D eigenvalue weighted by molar-refractivity contribution is -0.133. The quantitative estimate of drug-likeness (QED) is 0.860. The molecule has 0 aromatic carbocycles. The number of hydrogen-bond acceptors (Lipinski definition) is 3. The molecule has 3 aliphatic rings. The van der Waals surface area contributed by atoms with Crippen LogP contribution >= 0.6 is 0 Å². The lowest BCUT2D eigenvalue weighted by Crippen LogP contribution is -2.42. The summed E-state index contributed by atoms with van der Waals surface area (Å²) in [5.74, 6) is 1.61. The molecule has 120 valence electrons. The van der Waals surface area contributed by atoms with Gasteiger partial charge in [0.25, 0.3) is 0 Å². The van der Waals surface area contributed by atoms with Gasteiger partial charge in [0.2, 0.25) is 5.91 Å². The van der Waals surface area contributed by atoms with E-state index in [2.05, 4.69) is 9.80 Å². The van der Waals surface area contributed by atoms with E-state index in [0.29, 0.717) is 18.2 Å². The van der Waals surface area contributed by atoms with Crippen LogP contribution in [0, 0.1) is 11.8 Å². The Bertz CT molecular complexity index is 346. The summed E-state index contributed by atoms with van der Waals surface area (Å²) in [7, 11) is 0. The molecule has 4 heteroatoms. The molecule has 0 spiro atoms. The van der Waals surface area contributed by atoms with E-state index in [1.54, 1.807) is 0 Å². The number of carbonyl (C=O) groups is 1. The highest BCUT2D eigenvalue weighted by atomic mass is 16.2. The van der Waals surface area contributed by atoms with Gasteiger partial charge in [-0.2, -0.15) is 0 Å². The molecule has 0 aromatic rings. The minimum absolute atomic E-state index is 0.265. The summed E-state index contributed by atoms with van der Waals surface area (Å²) >= 11 is 0. The minimum Gasteiger partial charge on any atom is -0.343 e. The van der Waals surface area contributed by atoms with Gasteiger partial charge in [-0.05, 0) is 63.5 Å². The van der Waals surface area contributed by atoms with Gasteiger partial charge in [0.15, 0.2) is 0 Å². The van der Waals surface area contributed by atoms with Crippen LogP contribution in [0.25, 0.3) is 0 Å². The predicted molar refractivity (Wildman–Crippen MR) is 84.9 cm³/mol. The van der Waals surface area contributed by atoms with Gasteiger partial charge in [-0.25, -0.2) is 0 Å². The third-order valence-electron chi connectivity index (χ3n) is 5.84. The van der Waals surface area contributed by atoms with E-state index >= 15 is 0 Å². The molecule has 2 atom stereocenters. The van der Waals surface area contributed by atoms with Crippen LogP contribution in [0.2, 0.25) is 0 Å². The number of rotatable bonds is 4. The fourth-order valence-electron chi connectivity index (χ4n) is 4.37. The molecule has 1 saturated carbocycles. The standard InChI is InChI=1S/C17H31N3O/c18-16-5-3-4-15(16)12-17(21)20-10-6-14(7-11-20)13-19-8-1-2-9-19/h14-16H,1-13,18H2/t15-,16+/m0/s1. The Morgan fingerprint density at radius 1 is 0.952 bits per heavy atom. The van der Waals surface area contributed by atoms with Crippen molar-refractivity contribution in [2.75, 3.05) is 32.7 Å². The van der Waals surface area contributed by atoms with Gasteiger partial charge < -0.3 is 15.5 Å². The Hall–Kier alpha value is -0.610. The number of amides is 1. The number of nitrogens with two attached hydrogens (primary N) is 1. The van der Waals surface area contributed by atoms with E-state index in [-0.39, 0.29) is 6.04 Å². The van der Waals surface area contributed by atoms with E-state index in [1.165, 1.54) is 51.7 Å². The first-order valence-corrected chi connectivity index (χ1v) is 8.98. The van der Waals surface area contributed by atoms with Crippen molar-refractivity contribution in [2.45, 2.75) is 57.4 Å². The van der Waals surface area contributed by atoms with E-state index in [1.807, 2.05) is 0 Å². The molecule has 2 heterocycles. The van der Waals surface area contributed by atoms with Crippen molar-refractivity contribution < 1.29 is 4.79 Å². The molecule has 2 N–H and O–H groups in total. The first-order valence-electron chi connectivity index (χ1n) is 8.98. The maximum atomic E-state index is 12.4. The molecule has 1 amide bonds. The topological polar surface area (TPSA) is 49.6 Å². The lowest BCUT2D eigenvalue weighted by atomic mass is 9.94. The van der Waals surface area contributed by atoms with Gasteiger partial charge in [-0.3, -0.25) is 4.79 Å². The zero-order chi connectivity index (χ0) is 14.7. The number of carbonyl (C=O) groups excluding carboxylic acids is 1. The van der Waals surface area contributed by atoms with Gasteiger partial charge in [-0.1, -0.05) is 6.42 Å². The summed E-state index contributed by atoms with van der Waals surface area (Å²) in [6.07, 6.45) is 9.29. The lowest BCUT2D eigenvalue weighted by Gasteiger charge is -2.34. The highest BCUT2D eigenvalue weighted by molar-refractivity contribution is 5.76. The van der Waals surface area contributed by atoms with Crippen LogP contribution in [-0.4, -0.2) is 54.5 Å². The highest BCUT2D eigenvalue weighted by Gasteiger charge is 2.30. The normalized spacial score (nSPS) is 32.0. The smallest absolute Gasteiger partial charge is 0.222 e. The maximum absolute atomic E-state index is 12.4. The van der Waals surface area contributed by atoms with Crippen molar-refractivity contribution in [3.8, 4) is 0 Å². The van der Waals surface area contributed by atoms with E-state index in [9.17, 15) is 4.79 Å². The third-order valence-corrected chi connectivity index (χ3v) is 5.84. The molecule has 0 radical (unpaired) electrons. The number of nitrogens with zero attached hydrogens (tertiary/aromatic N) is 2. The van der Waals surface area contributed by atoms with Crippen molar-refractivity contribution in [3.05, 3.63) is 0 Å². The molecule has 1 aliphatic carbocycles. The largest absolute Gasteiger partial charge is 0.343 e. The maximum Gasteiger partial charge on any atom is 0.222 e. The van der Waals surface area contributed by atoms with Crippen LogP contribution in [0.4, 0.5) is 0 Å². The number of piperidine rings is 1. The number of hydrogen-bond donors (Lipinski definition) is 1. The first-order chi connectivity index (χ1) is 10.2. The molecule has 2 saturated heterocycles. The summed E-state index contributed by atoms with van der Waals surface area (Å²) < 4.78 is 0. The second kappa shape index (κ2) is 7.10. The summed E-state index contributed by atoms with van der Waals surface area (Å²) in [5.41, 5.74) is 6.09. The average molecular weight is 293 g/mol. The Morgan fingerprint density at radius 2 is 1.67 bits per heavy atom. The second-order valence-corrected chi connectivity index (χ2v) is 7.39. The van der Waals surface area contributed by atoms with Crippen molar-refractivity contribution in [1.29, 1.82) is 0 Å². The molecule has 3 rings (SSSR count). The zero-order valence-electron chi connectivity index (χ0n) is 13.3. The average Bonchev–Trinajstić information content (AvgIpc) is 3.12. The molecule has 0 bridgehead atoms. The zero-order valence-corrected chi connectivity index (χ0v) is 13.3. The van der Waals surface area contributed by atoms with E-state index in [0.717, 1.165) is 31.8 Å². The van der Waals surface area contributed by atoms with Crippen LogP contribution in [0.5, 0.6) is 0 Å². The van der Waals surface area contributed by atoms with Crippen LogP contribution in [0.15, 0.2) is 0 Å². The summed E-state index contributed by atoms with van der Waals surface area (Å²) in [6, 6.07) is 0.265. The van der Waals surface area contributed by atoms with Gasteiger partial charge in [0, 0.05) is 32.1 Å². The van der Waals surface area contributed by atoms with Crippen LogP contribution < -0.4 is 5.73 Å². The Balaban J connectivity index is 1.39. The van der Waals surface area contributed by atoms with Crippen molar-refractivity contribution in [1.82, 2.24) is 9.80 Å². The summed E-state index contributed by atoms with van der Waals surface area (Å²) in [6.45, 7) is 5.78. The van der Waals surface area contributed by atoms with E-state index < -0.39 is 0 Å². The molecule has 4 nitrogen and oxygen atoms in total. The van der Waals surface area contributed by atoms with Crippen molar-refractivity contribution >= 4 is 5.91 Å². The minimum atomic E-state index is 0.265. The van der Waals surface area contributed by atoms with Crippen LogP contribution in [0.1, 0.15) is 51.4 Å². The van der Waals surface area contributed by atoms with Crippen molar-refractivity contribution in [3.63, 3.8) is 0 Å².